The molecule has 0 aliphatic carbocycles. The van der Waals surface area contributed by atoms with Crippen molar-refractivity contribution in [1.29, 1.82) is 0 Å². The number of hydrogen-bond acceptors (Lipinski definition) is 6. The predicted octanol–water partition coefficient (Wildman–Crippen LogP) is 4.36. The van der Waals surface area contributed by atoms with Crippen LogP contribution in [-0.2, 0) is 4.79 Å². The lowest BCUT2D eigenvalue weighted by molar-refractivity contribution is -0.119. The molecular weight excluding hydrogens is 390 g/mol. The minimum absolute atomic E-state index is 0.369. The Bertz CT molecular complexity index is 1180. The molecule has 0 aliphatic rings. The first-order valence-corrected chi connectivity index (χ1v) is 10.9. The molecule has 31 heavy (non-hydrogen) atoms. The summed E-state index contributed by atoms with van der Waals surface area (Å²) in [6.07, 6.45) is 9.73. The molecule has 4 aromatic rings. The fraction of sp³-hybridized carbons (Fsp3) is 0.435. The molecule has 0 saturated carbocycles. The number of anilines is 1. The van der Waals surface area contributed by atoms with Gasteiger partial charge in [0, 0.05) is 37.5 Å². The Kier molecular flexibility index (Phi) is 6.25. The highest BCUT2D eigenvalue weighted by atomic mass is 16.1. The average molecular weight is 420 g/mol. The van der Waals surface area contributed by atoms with Gasteiger partial charge >= 0.3 is 0 Å². The van der Waals surface area contributed by atoms with Gasteiger partial charge in [0.2, 0.25) is 5.65 Å². The monoisotopic (exact) mass is 419 g/mol. The number of Topliss-reactive ketones (excluding diaryl/α,β-unsaturated/α-hetero) is 1. The molecule has 0 spiro atoms. The summed E-state index contributed by atoms with van der Waals surface area (Å²) >= 11 is 0. The lowest BCUT2D eigenvalue weighted by Crippen LogP contribution is -2.08. The first-order chi connectivity index (χ1) is 15.0. The fourth-order valence-corrected chi connectivity index (χ4v) is 3.84. The quantitative estimate of drug-likeness (QED) is 0.384. The van der Waals surface area contributed by atoms with E-state index in [1.165, 1.54) is 0 Å². The number of aryl methyl sites for hydroxylation is 1. The molecule has 1 aromatic carbocycles. The first-order valence-electron chi connectivity index (χ1n) is 10.9. The Morgan fingerprint density at radius 1 is 1.16 bits per heavy atom. The molecule has 4 rings (SSSR count). The highest BCUT2D eigenvalue weighted by molar-refractivity contribution is 5.84. The van der Waals surface area contributed by atoms with E-state index in [0.717, 1.165) is 59.8 Å². The molecule has 0 unspecified atom stereocenters. The smallest absolute Gasteiger partial charge is 0.204 e. The number of carbonyl (C=O) groups is 1. The van der Waals surface area contributed by atoms with E-state index < -0.39 is 0 Å². The van der Waals surface area contributed by atoms with Gasteiger partial charge in [0.1, 0.15) is 11.6 Å². The highest BCUT2D eigenvalue weighted by Crippen LogP contribution is 2.24. The molecule has 0 bridgehead atoms. The molecule has 8 nitrogen and oxygen atoms in total. The van der Waals surface area contributed by atoms with Gasteiger partial charge in [-0.15, -0.1) is 10.2 Å². The summed E-state index contributed by atoms with van der Waals surface area (Å²) < 4.78 is 3.99. The standard InChI is InChI=1S/C23H29N7O/c1-16(2)13-19(31)7-5-4-6-10-25-22-23-28-27-17(3)30(23)21-9-8-18(14-20(21)26-22)29-12-11-24-15-29/h8-9,11-12,14-16H,4-7,10,13H2,1-3H3,(H,25,26). The zero-order chi connectivity index (χ0) is 21.8. The van der Waals surface area contributed by atoms with Crippen LogP contribution >= 0.6 is 0 Å². The van der Waals surface area contributed by atoms with Crippen LogP contribution in [0.25, 0.3) is 22.4 Å². The summed E-state index contributed by atoms with van der Waals surface area (Å²) in [7, 11) is 0. The second-order valence-electron chi connectivity index (χ2n) is 8.38. The van der Waals surface area contributed by atoms with Crippen LogP contribution in [0.5, 0.6) is 0 Å². The Labute approximate surface area is 181 Å². The van der Waals surface area contributed by atoms with Crippen molar-refractivity contribution in [2.24, 2.45) is 5.92 Å². The van der Waals surface area contributed by atoms with Gasteiger partial charge < -0.3 is 9.88 Å². The Balaban J connectivity index is 1.47. The molecule has 3 heterocycles. The zero-order valence-electron chi connectivity index (χ0n) is 18.4. The minimum atomic E-state index is 0.369. The molecule has 8 heteroatoms. The largest absolute Gasteiger partial charge is 0.367 e. The lowest BCUT2D eigenvalue weighted by Gasteiger charge is -2.11. The first kappa shape index (κ1) is 21.0. The van der Waals surface area contributed by atoms with Crippen molar-refractivity contribution in [1.82, 2.24) is 29.1 Å². The summed E-state index contributed by atoms with van der Waals surface area (Å²) in [5, 5.41) is 12.0. The van der Waals surface area contributed by atoms with Crippen LogP contribution in [-0.4, -0.2) is 41.5 Å². The molecule has 1 N–H and O–H groups in total. The molecule has 0 amide bonds. The number of ketones is 1. The van der Waals surface area contributed by atoms with Gasteiger partial charge in [-0.25, -0.2) is 9.97 Å². The molecule has 3 aromatic heterocycles. The van der Waals surface area contributed by atoms with Gasteiger partial charge in [-0.05, 0) is 43.9 Å². The lowest BCUT2D eigenvalue weighted by atomic mass is 10.0. The van der Waals surface area contributed by atoms with E-state index in [0.29, 0.717) is 24.5 Å². The van der Waals surface area contributed by atoms with E-state index in [9.17, 15) is 4.79 Å². The van der Waals surface area contributed by atoms with Crippen LogP contribution < -0.4 is 5.32 Å². The van der Waals surface area contributed by atoms with Crippen LogP contribution in [0.4, 0.5) is 5.82 Å². The Morgan fingerprint density at radius 2 is 2.03 bits per heavy atom. The third kappa shape index (κ3) is 4.73. The van der Waals surface area contributed by atoms with Crippen LogP contribution in [0, 0.1) is 12.8 Å². The van der Waals surface area contributed by atoms with Gasteiger partial charge in [0.05, 0.1) is 17.4 Å². The molecule has 0 fully saturated rings. The maximum atomic E-state index is 11.8. The Morgan fingerprint density at radius 3 is 2.81 bits per heavy atom. The topological polar surface area (TPSA) is 90.0 Å². The van der Waals surface area contributed by atoms with Crippen molar-refractivity contribution >= 4 is 28.3 Å². The number of imidazole rings is 1. The van der Waals surface area contributed by atoms with Crippen LogP contribution in [0.15, 0.2) is 36.9 Å². The van der Waals surface area contributed by atoms with Crippen LogP contribution in [0.3, 0.4) is 0 Å². The van der Waals surface area contributed by atoms with Crippen LogP contribution in [0.1, 0.15) is 51.8 Å². The Hall–Kier alpha value is -3.29. The number of rotatable bonds is 10. The molecule has 162 valence electrons. The zero-order valence-corrected chi connectivity index (χ0v) is 18.4. The fourth-order valence-electron chi connectivity index (χ4n) is 3.84. The van der Waals surface area contributed by atoms with E-state index in [1.807, 2.05) is 40.3 Å². The number of nitrogens with zero attached hydrogens (tertiary/aromatic N) is 6. The summed E-state index contributed by atoms with van der Waals surface area (Å²) in [4.78, 5) is 20.8. The summed E-state index contributed by atoms with van der Waals surface area (Å²) in [5.74, 6) is 2.36. The third-order valence-corrected chi connectivity index (χ3v) is 5.33. The van der Waals surface area contributed by atoms with E-state index in [-0.39, 0.29) is 0 Å². The van der Waals surface area contributed by atoms with Gasteiger partial charge in [-0.1, -0.05) is 20.3 Å². The highest BCUT2D eigenvalue weighted by Gasteiger charge is 2.13. The number of unbranched alkanes of at least 4 members (excludes halogenated alkanes) is 2. The van der Waals surface area contributed by atoms with Crippen molar-refractivity contribution in [3.05, 3.63) is 42.7 Å². The van der Waals surface area contributed by atoms with Crippen LogP contribution in [0.2, 0.25) is 0 Å². The van der Waals surface area contributed by atoms with Crippen molar-refractivity contribution < 1.29 is 4.79 Å². The van der Waals surface area contributed by atoms with Crippen molar-refractivity contribution in [2.45, 2.75) is 52.9 Å². The molecule has 0 aliphatic heterocycles. The van der Waals surface area contributed by atoms with Gasteiger partial charge in [-0.3, -0.25) is 9.20 Å². The number of nitrogens with one attached hydrogen (secondary N) is 1. The van der Waals surface area contributed by atoms with Crippen molar-refractivity contribution in [3.8, 4) is 5.69 Å². The van der Waals surface area contributed by atoms with E-state index in [1.54, 1.807) is 12.5 Å². The van der Waals surface area contributed by atoms with Gasteiger partial charge in [0.15, 0.2) is 5.82 Å². The van der Waals surface area contributed by atoms with E-state index in [2.05, 4.69) is 34.3 Å². The minimum Gasteiger partial charge on any atom is -0.367 e. The van der Waals surface area contributed by atoms with Gasteiger partial charge in [-0.2, -0.15) is 0 Å². The summed E-state index contributed by atoms with van der Waals surface area (Å²) in [6.45, 7) is 6.90. The van der Waals surface area contributed by atoms with Crippen molar-refractivity contribution in [3.63, 3.8) is 0 Å². The molecule has 0 atom stereocenters. The maximum absolute atomic E-state index is 11.8. The van der Waals surface area contributed by atoms with E-state index in [4.69, 9.17) is 4.98 Å². The molecule has 0 radical (unpaired) electrons. The normalized spacial score (nSPS) is 11.6. The van der Waals surface area contributed by atoms with E-state index >= 15 is 0 Å². The molecular formula is C23H29N7O. The second kappa shape index (κ2) is 9.24. The van der Waals surface area contributed by atoms with Gasteiger partial charge in [0.25, 0.3) is 0 Å². The molecule has 0 saturated heterocycles. The number of fused-ring (bicyclic) bond motifs is 3. The number of benzene rings is 1. The third-order valence-electron chi connectivity index (χ3n) is 5.33. The SMILES string of the molecule is Cc1nnc2c(NCCCCCC(=O)CC(C)C)nc3cc(-n4ccnc4)ccc3n12. The predicted molar refractivity (Wildman–Crippen MR) is 122 cm³/mol. The summed E-state index contributed by atoms with van der Waals surface area (Å²) in [5.41, 5.74) is 3.56. The number of hydrogen-bond donors (Lipinski definition) is 1. The number of carbonyl (C=O) groups excluding carboxylic acids is 1. The number of aromatic nitrogens is 6. The van der Waals surface area contributed by atoms with Crippen molar-refractivity contribution in [2.75, 3.05) is 11.9 Å². The average Bonchev–Trinajstić information content (AvgIpc) is 3.40. The maximum Gasteiger partial charge on any atom is 0.204 e. The second-order valence-corrected chi connectivity index (χ2v) is 8.38. The summed E-state index contributed by atoms with van der Waals surface area (Å²) in [6, 6.07) is 6.12.